The third-order valence-electron chi connectivity index (χ3n) is 3.01. The van der Waals surface area contributed by atoms with Crippen molar-refractivity contribution in [2.24, 2.45) is 0 Å². The Balaban J connectivity index is 1.99. The summed E-state index contributed by atoms with van der Waals surface area (Å²) in [5.74, 6) is -0.131. The number of amides is 1. The Labute approximate surface area is 101 Å². The van der Waals surface area contributed by atoms with Gasteiger partial charge in [0.2, 0.25) is 5.91 Å². The number of benzene rings is 1. The average molecular weight is 236 g/mol. The van der Waals surface area contributed by atoms with Crippen molar-refractivity contribution in [2.75, 3.05) is 13.1 Å². The molecule has 1 aromatic carbocycles. The van der Waals surface area contributed by atoms with Gasteiger partial charge in [0.05, 0.1) is 6.04 Å². The standard InChI is InChI=1S/C13H17FN2O/c1-2-15-12-6-7-16(13(12)17)9-10-4-3-5-11(14)8-10/h3-5,8,12,15H,2,6-7,9H2,1H3. The summed E-state index contributed by atoms with van der Waals surface area (Å²) in [5, 5.41) is 3.16. The highest BCUT2D eigenvalue weighted by atomic mass is 19.1. The van der Waals surface area contributed by atoms with Gasteiger partial charge >= 0.3 is 0 Å². The highest BCUT2D eigenvalue weighted by Crippen LogP contribution is 2.15. The molecule has 1 aliphatic rings. The molecular weight excluding hydrogens is 219 g/mol. The number of rotatable bonds is 4. The fourth-order valence-corrected chi connectivity index (χ4v) is 2.19. The molecule has 1 N–H and O–H groups in total. The first-order valence-electron chi connectivity index (χ1n) is 5.97. The van der Waals surface area contributed by atoms with Crippen LogP contribution in [0, 0.1) is 5.82 Å². The molecule has 1 aliphatic heterocycles. The fraction of sp³-hybridized carbons (Fsp3) is 0.462. The van der Waals surface area contributed by atoms with E-state index in [-0.39, 0.29) is 17.8 Å². The van der Waals surface area contributed by atoms with E-state index in [1.165, 1.54) is 12.1 Å². The number of carbonyl (C=O) groups excluding carboxylic acids is 1. The molecule has 0 bridgehead atoms. The van der Waals surface area contributed by atoms with E-state index in [1.807, 2.05) is 13.0 Å². The van der Waals surface area contributed by atoms with Crippen LogP contribution in [-0.4, -0.2) is 29.9 Å². The minimum absolute atomic E-state index is 0.0615. The lowest BCUT2D eigenvalue weighted by atomic mass is 10.2. The molecule has 1 fully saturated rings. The molecule has 1 amide bonds. The van der Waals surface area contributed by atoms with Crippen LogP contribution in [0.1, 0.15) is 18.9 Å². The molecule has 3 nitrogen and oxygen atoms in total. The molecule has 0 aliphatic carbocycles. The van der Waals surface area contributed by atoms with Gasteiger partial charge < -0.3 is 10.2 Å². The van der Waals surface area contributed by atoms with E-state index in [0.717, 1.165) is 25.1 Å². The number of likely N-dealkylation sites (tertiary alicyclic amines) is 1. The molecule has 1 atom stereocenters. The van der Waals surface area contributed by atoms with E-state index >= 15 is 0 Å². The zero-order valence-electron chi connectivity index (χ0n) is 9.95. The highest BCUT2D eigenvalue weighted by molar-refractivity contribution is 5.83. The van der Waals surface area contributed by atoms with Crippen molar-refractivity contribution in [3.63, 3.8) is 0 Å². The molecule has 0 radical (unpaired) electrons. The second kappa shape index (κ2) is 5.27. The van der Waals surface area contributed by atoms with Crippen LogP contribution in [0.2, 0.25) is 0 Å². The van der Waals surface area contributed by atoms with E-state index in [9.17, 15) is 9.18 Å². The van der Waals surface area contributed by atoms with Crippen LogP contribution in [-0.2, 0) is 11.3 Å². The summed E-state index contributed by atoms with van der Waals surface area (Å²) in [5.41, 5.74) is 0.843. The summed E-state index contributed by atoms with van der Waals surface area (Å²) in [6.45, 7) is 4.03. The van der Waals surface area contributed by atoms with Gasteiger partial charge in [-0.05, 0) is 30.7 Å². The lowest BCUT2D eigenvalue weighted by Gasteiger charge is -2.17. The molecule has 1 unspecified atom stereocenters. The van der Waals surface area contributed by atoms with Crippen molar-refractivity contribution in [1.82, 2.24) is 10.2 Å². The van der Waals surface area contributed by atoms with Crippen molar-refractivity contribution in [3.05, 3.63) is 35.6 Å². The maximum atomic E-state index is 13.0. The molecule has 1 heterocycles. The Morgan fingerprint density at radius 2 is 2.35 bits per heavy atom. The van der Waals surface area contributed by atoms with Crippen molar-refractivity contribution in [3.8, 4) is 0 Å². The van der Waals surface area contributed by atoms with Gasteiger partial charge in [-0.15, -0.1) is 0 Å². The molecule has 1 aromatic rings. The lowest BCUT2D eigenvalue weighted by Crippen LogP contribution is -2.37. The van der Waals surface area contributed by atoms with Gasteiger partial charge in [0.1, 0.15) is 5.82 Å². The van der Waals surface area contributed by atoms with Crippen LogP contribution < -0.4 is 5.32 Å². The summed E-state index contributed by atoms with van der Waals surface area (Å²) in [6, 6.07) is 6.35. The molecule has 92 valence electrons. The summed E-state index contributed by atoms with van der Waals surface area (Å²) in [7, 11) is 0. The summed E-state index contributed by atoms with van der Waals surface area (Å²) >= 11 is 0. The van der Waals surface area contributed by atoms with Crippen molar-refractivity contribution < 1.29 is 9.18 Å². The third-order valence-corrected chi connectivity index (χ3v) is 3.01. The van der Waals surface area contributed by atoms with E-state index in [1.54, 1.807) is 11.0 Å². The molecule has 0 aromatic heterocycles. The van der Waals surface area contributed by atoms with E-state index in [0.29, 0.717) is 6.54 Å². The summed E-state index contributed by atoms with van der Waals surface area (Å²) < 4.78 is 13.0. The molecule has 17 heavy (non-hydrogen) atoms. The van der Waals surface area contributed by atoms with Gasteiger partial charge in [-0.3, -0.25) is 4.79 Å². The van der Waals surface area contributed by atoms with Gasteiger partial charge in [0.15, 0.2) is 0 Å². The van der Waals surface area contributed by atoms with Crippen LogP contribution in [0.25, 0.3) is 0 Å². The summed E-state index contributed by atoms with van der Waals surface area (Å²) in [4.78, 5) is 13.7. The second-order valence-corrected chi connectivity index (χ2v) is 4.29. The molecule has 1 saturated heterocycles. The van der Waals surface area contributed by atoms with E-state index < -0.39 is 0 Å². The molecule has 2 rings (SSSR count). The number of hydrogen-bond acceptors (Lipinski definition) is 2. The molecular formula is C13H17FN2O. The van der Waals surface area contributed by atoms with Gasteiger partial charge in [-0.1, -0.05) is 19.1 Å². The number of hydrogen-bond donors (Lipinski definition) is 1. The van der Waals surface area contributed by atoms with Crippen molar-refractivity contribution in [2.45, 2.75) is 25.9 Å². The lowest BCUT2D eigenvalue weighted by molar-refractivity contribution is -0.129. The zero-order chi connectivity index (χ0) is 12.3. The Bertz CT molecular complexity index is 408. The van der Waals surface area contributed by atoms with Crippen molar-refractivity contribution in [1.29, 1.82) is 0 Å². The Morgan fingerprint density at radius 3 is 3.06 bits per heavy atom. The zero-order valence-corrected chi connectivity index (χ0v) is 9.95. The predicted octanol–water partition coefficient (Wildman–Crippen LogP) is 1.54. The van der Waals surface area contributed by atoms with Crippen LogP contribution in [0.4, 0.5) is 4.39 Å². The smallest absolute Gasteiger partial charge is 0.240 e. The first-order chi connectivity index (χ1) is 8.20. The Hall–Kier alpha value is -1.42. The molecule has 0 spiro atoms. The number of likely N-dealkylation sites (N-methyl/N-ethyl adjacent to an activating group) is 1. The number of carbonyl (C=O) groups is 1. The van der Waals surface area contributed by atoms with Crippen LogP contribution in [0.15, 0.2) is 24.3 Å². The Kier molecular flexibility index (Phi) is 3.74. The highest BCUT2D eigenvalue weighted by Gasteiger charge is 2.30. The largest absolute Gasteiger partial charge is 0.337 e. The number of nitrogens with zero attached hydrogens (tertiary/aromatic N) is 1. The maximum Gasteiger partial charge on any atom is 0.240 e. The first kappa shape index (κ1) is 12.0. The van der Waals surface area contributed by atoms with Gasteiger partial charge in [-0.2, -0.15) is 0 Å². The van der Waals surface area contributed by atoms with Crippen LogP contribution in [0.3, 0.4) is 0 Å². The number of nitrogens with one attached hydrogen (secondary N) is 1. The minimum atomic E-state index is -0.252. The minimum Gasteiger partial charge on any atom is -0.337 e. The second-order valence-electron chi connectivity index (χ2n) is 4.29. The quantitative estimate of drug-likeness (QED) is 0.860. The van der Waals surface area contributed by atoms with Gasteiger partial charge in [0.25, 0.3) is 0 Å². The normalized spacial score (nSPS) is 20.0. The van der Waals surface area contributed by atoms with Gasteiger partial charge in [0, 0.05) is 13.1 Å². The first-order valence-corrected chi connectivity index (χ1v) is 5.97. The predicted molar refractivity (Wildman–Crippen MR) is 63.9 cm³/mol. The Morgan fingerprint density at radius 1 is 1.53 bits per heavy atom. The molecule has 4 heteroatoms. The van der Waals surface area contributed by atoms with E-state index in [4.69, 9.17) is 0 Å². The molecule has 0 saturated carbocycles. The fourth-order valence-electron chi connectivity index (χ4n) is 2.19. The maximum absolute atomic E-state index is 13.0. The third kappa shape index (κ3) is 2.82. The monoisotopic (exact) mass is 236 g/mol. The topological polar surface area (TPSA) is 32.3 Å². The average Bonchev–Trinajstić information content (AvgIpc) is 2.62. The van der Waals surface area contributed by atoms with E-state index in [2.05, 4.69) is 5.32 Å². The van der Waals surface area contributed by atoms with Gasteiger partial charge in [-0.25, -0.2) is 4.39 Å². The number of halogens is 1. The van der Waals surface area contributed by atoms with Crippen LogP contribution >= 0.6 is 0 Å². The summed E-state index contributed by atoms with van der Waals surface area (Å²) in [6.07, 6.45) is 0.835. The SMILES string of the molecule is CCNC1CCN(Cc2cccc(F)c2)C1=O. The van der Waals surface area contributed by atoms with Crippen molar-refractivity contribution >= 4 is 5.91 Å². The van der Waals surface area contributed by atoms with Crippen LogP contribution in [0.5, 0.6) is 0 Å².